The Morgan fingerprint density at radius 3 is 2.80 bits per heavy atom. The molecule has 0 aromatic heterocycles. The van der Waals surface area contributed by atoms with E-state index < -0.39 is 27.0 Å². The Morgan fingerprint density at radius 2 is 2.15 bits per heavy atom. The molecule has 0 bridgehead atoms. The number of piperidine rings is 1. The Bertz CT molecular complexity index is 631. The van der Waals surface area contributed by atoms with Crippen LogP contribution in [0.4, 0.5) is 4.39 Å². The number of hydrogen-bond acceptors (Lipinski definition) is 3. The van der Waals surface area contributed by atoms with Gasteiger partial charge in [-0.15, -0.1) is 0 Å². The van der Waals surface area contributed by atoms with Gasteiger partial charge in [0, 0.05) is 13.1 Å². The predicted molar refractivity (Wildman–Crippen MR) is 73.2 cm³/mol. The van der Waals surface area contributed by atoms with Crippen LogP contribution in [0.25, 0.3) is 0 Å². The highest BCUT2D eigenvalue weighted by Crippen LogP contribution is 2.20. The average molecular weight is 300 g/mol. The van der Waals surface area contributed by atoms with Crippen molar-refractivity contribution in [3.63, 3.8) is 0 Å². The molecule has 1 aromatic rings. The van der Waals surface area contributed by atoms with Crippen molar-refractivity contribution in [3.05, 3.63) is 35.1 Å². The normalized spacial score (nSPS) is 19.9. The highest BCUT2D eigenvalue weighted by atomic mass is 32.2. The zero-order valence-electron chi connectivity index (χ0n) is 11.2. The van der Waals surface area contributed by atoms with Gasteiger partial charge >= 0.3 is 0 Å². The van der Waals surface area contributed by atoms with Gasteiger partial charge in [0.1, 0.15) is 5.82 Å². The lowest BCUT2D eigenvalue weighted by atomic mass is 10.1. The Labute approximate surface area is 117 Å². The SMILES string of the molecule is Cc1cccc(C(=O)N2CCCC(S(N)(=O)=O)C2)c1F. The maximum Gasteiger partial charge on any atom is 0.256 e. The lowest BCUT2D eigenvalue weighted by Gasteiger charge is -2.31. The van der Waals surface area contributed by atoms with Gasteiger partial charge in [-0.3, -0.25) is 4.79 Å². The van der Waals surface area contributed by atoms with Crippen molar-refractivity contribution >= 4 is 15.9 Å². The summed E-state index contributed by atoms with van der Waals surface area (Å²) in [6.07, 6.45) is 0.971. The molecule has 7 heteroatoms. The first-order valence-corrected chi connectivity index (χ1v) is 7.97. The molecule has 0 radical (unpaired) electrons. The second-order valence-electron chi connectivity index (χ2n) is 5.04. The first kappa shape index (κ1) is 14.9. The highest BCUT2D eigenvalue weighted by molar-refractivity contribution is 7.89. The number of sulfonamides is 1. The monoisotopic (exact) mass is 300 g/mol. The molecule has 110 valence electrons. The van der Waals surface area contributed by atoms with E-state index in [1.165, 1.54) is 11.0 Å². The van der Waals surface area contributed by atoms with Crippen molar-refractivity contribution in [2.45, 2.75) is 25.0 Å². The molecule has 1 aromatic carbocycles. The number of carbonyl (C=O) groups is 1. The van der Waals surface area contributed by atoms with Gasteiger partial charge in [-0.25, -0.2) is 17.9 Å². The fourth-order valence-corrected chi connectivity index (χ4v) is 3.26. The third kappa shape index (κ3) is 2.99. The third-order valence-corrected chi connectivity index (χ3v) is 4.87. The number of amides is 1. The first-order valence-electron chi connectivity index (χ1n) is 6.36. The van der Waals surface area contributed by atoms with Gasteiger partial charge in [-0.2, -0.15) is 0 Å². The summed E-state index contributed by atoms with van der Waals surface area (Å²) in [5.74, 6) is -1.05. The van der Waals surface area contributed by atoms with E-state index in [1.807, 2.05) is 0 Å². The summed E-state index contributed by atoms with van der Waals surface area (Å²) in [4.78, 5) is 13.7. The summed E-state index contributed by atoms with van der Waals surface area (Å²) in [6.45, 7) is 2.01. The van der Waals surface area contributed by atoms with Crippen molar-refractivity contribution in [2.75, 3.05) is 13.1 Å². The van der Waals surface area contributed by atoms with Crippen LogP contribution in [0.5, 0.6) is 0 Å². The van der Waals surface area contributed by atoms with Crippen LogP contribution < -0.4 is 5.14 Å². The van der Waals surface area contributed by atoms with Crippen LogP contribution in [-0.2, 0) is 10.0 Å². The zero-order valence-corrected chi connectivity index (χ0v) is 12.0. The Morgan fingerprint density at radius 1 is 1.45 bits per heavy atom. The zero-order chi connectivity index (χ0) is 14.9. The number of hydrogen-bond donors (Lipinski definition) is 1. The minimum Gasteiger partial charge on any atom is -0.337 e. The molecule has 1 unspecified atom stereocenters. The number of halogens is 1. The summed E-state index contributed by atoms with van der Waals surface area (Å²) in [7, 11) is -3.68. The number of carbonyl (C=O) groups excluding carboxylic acids is 1. The van der Waals surface area contributed by atoms with Crippen LogP contribution in [0.1, 0.15) is 28.8 Å². The second kappa shape index (κ2) is 5.49. The molecule has 0 aliphatic carbocycles. The van der Waals surface area contributed by atoms with Crippen molar-refractivity contribution in [1.82, 2.24) is 4.90 Å². The summed E-state index contributed by atoms with van der Waals surface area (Å²) in [5, 5.41) is 4.36. The molecule has 1 aliphatic rings. The maximum absolute atomic E-state index is 13.9. The van der Waals surface area contributed by atoms with Crippen molar-refractivity contribution in [3.8, 4) is 0 Å². The smallest absolute Gasteiger partial charge is 0.256 e. The summed E-state index contributed by atoms with van der Waals surface area (Å²) in [6, 6.07) is 4.59. The standard InChI is InChI=1S/C13H17FN2O3S/c1-9-4-2-6-11(12(9)14)13(17)16-7-3-5-10(8-16)20(15,18)19/h2,4,6,10H,3,5,7-8H2,1H3,(H2,15,18,19). The number of aryl methyl sites for hydroxylation is 1. The van der Waals surface area contributed by atoms with Gasteiger partial charge in [-0.05, 0) is 31.4 Å². The molecule has 0 saturated carbocycles. The Hall–Kier alpha value is -1.47. The molecule has 1 heterocycles. The van der Waals surface area contributed by atoms with Crippen LogP contribution in [-0.4, -0.2) is 37.6 Å². The Kier molecular flexibility index (Phi) is 4.10. The number of likely N-dealkylation sites (tertiary alicyclic amines) is 1. The minimum absolute atomic E-state index is 0.0189. The van der Waals surface area contributed by atoms with E-state index in [-0.39, 0.29) is 12.1 Å². The highest BCUT2D eigenvalue weighted by Gasteiger charge is 2.31. The fourth-order valence-electron chi connectivity index (χ4n) is 2.37. The fraction of sp³-hybridized carbons (Fsp3) is 0.462. The van der Waals surface area contributed by atoms with E-state index in [1.54, 1.807) is 19.1 Å². The van der Waals surface area contributed by atoms with E-state index in [4.69, 9.17) is 5.14 Å². The molecule has 2 N–H and O–H groups in total. The summed E-state index contributed by atoms with van der Waals surface area (Å²) in [5.41, 5.74) is 0.357. The maximum atomic E-state index is 13.9. The molecule has 1 amide bonds. The average Bonchev–Trinajstić information content (AvgIpc) is 2.40. The largest absolute Gasteiger partial charge is 0.337 e. The second-order valence-corrected chi connectivity index (χ2v) is 6.89. The van der Waals surface area contributed by atoms with Gasteiger partial charge in [0.15, 0.2) is 0 Å². The first-order chi connectivity index (χ1) is 9.30. The van der Waals surface area contributed by atoms with E-state index in [9.17, 15) is 17.6 Å². The van der Waals surface area contributed by atoms with Gasteiger partial charge in [-0.1, -0.05) is 12.1 Å². The van der Waals surface area contributed by atoms with Gasteiger partial charge < -0.3 is 4.90 Å². The van der Waals surface area contributed by atoms with E-state index in [0.29, 0.717) is 24.9 Å². The quantitative estimate of drug-likeness (QED) is 0.885. The number of benzene rings is 1. The molecule has 2 rings (SSSR count). The summed E-state index contributed by atoms with van der Waals surface area (Å²) < 4.78 is 36.7. The summed E-state index contributed by atoms with van der Waals surface area (Å²) >= 11 is 0. The van der Waals surface area contributed by atoms with Crippen molar-refractivity contribution in [2.24, 2.45) is 5.14 Å². The van der Waals surface area contributed by atoms with E-state index >= 15 is 0 Å². The van der Waals surface area contributed by atoms with Gasteiger partial charge in [0.05, 0.1) is 10.8 Å². The van der Waals surface area contributed by atoms with E-state index in [2.05, 4.69) is 0 Å². The van der Waals surface area contributed by atoms with Crippen molar-refractivity contribution in [1.29, 1.82) is 0 Å². The number of nitrogens with two attached hydrogens (primary N) is 1. The van der Waals surface area contributed by atoms with Crippen LogP contribution in [0, 0.1) is 12.7 Å². The molecule has 1 saturated heterocycles. The molecule has 0 spiro atoms. The van der Waals surface area contributed by atoms with Gasteiger partial charge in [0.25, 0.3) is 5.91 Å². The van der Waals surface area contributed by atoms with Crippen LogP contribution in [0.15, 0.2) is 18.2 Å². The number of nitrogens with zero attached hydrogens (tertiary/aromatic N) is 1. The lowest BCUT2D eigenvalue weighted by molar-refractivity contribution is 0.0722. The van der Waals surface area contributed by atoms with Crippen LogP contribution >= 0.6 is 0 Å². The molecular weight excluding hydrogens is 283 g/mol. The molecule has 5 nitrogen and oxygen atoms in total. The third-order valence-electron chi connectivity index (χ3n) is 3.55. The van der Waals surface area contributed by atoms with Crippen LogP contribution in [0.2, 0.25) is 0 Å². The predicted octanol–water partition coefficient (Wildman–Crippen LogP) is 1.03. The topological polar surface area (TPSA) is 80.5 Å². The number of primary sulfonamides is 1. The molecule has 1 atom stereocenters. The minimum atomic E-state index is -3.68. The Balaban J connectivity index is 2.23. The molecule has 1 fully saturated rings. The van der Waals surface area contributed by atoms with Crippen molar-refractivity contribution < 1.29 is 17.6 Å². The van der Waals surface area contributed by atoms with Gasteiger partial charge in [0.2, 0.25) is 10.0 Å². The van der Waals surface area contributed by atoms with E-state index in [0.717, 1.165) is 0 Å². The molecular formula is C13H17FN2O3S. The molecule has 20 heavy (non-hydrogen) atoms. The lowest BCUT2D eigenvalue weighted by Crippen LogP contribution is -2.47. The molecule has 1 aliphatic heterocycles. The van der Waals surface area contributed by atoms with Crippen LogP contribution in [0.3, 0.4) is 0 Å². The number of rotatable bonds is 2.